The van der Waals surface area contributed by atoms with Crippen molar-refractivity contribution in [3.63, 3.8) is 0 Å². The molecule has 0 aliphatic carbocycles. The van der Waals surface area contributed by atoms with Crippen LogP contribution in [0, 0.1) is 0 Å². The van der Waals surface area contributed by atoms with Gasteiger partial charge in [0.05, 0.1) is 5.69 Å². The summed E-state index contributed by atoms with van der Waals surface area (Å²) in [5.41, 5.74) is -3.81. The molecule has 2 aromatic rings. The van der Waals surface area contributed by atoms with Gasteiger partial charge in [-0.15, -0.1) is 0 Å². The van der Waals surface area contributed by atoms with Crippen LogP contribution in [0.15, 0.2) is 33.9 Å². The summed E-state index contributed by atoms with van der Waals surface area (Å²) in [6.07, 6.45) is -5.83. The Kier molecular flexibility index (Phi) is 6.34. The van der Waals surface area contributed by atoms with Crippen molar-refractivity contribution in [3.8, 4) is 5.69 Å². The second-order valence-corrected chi connectivity index (χ2v) is 5.71. The fourth-order valence-corrected chi connectivity index (χ4v) is 2.60. The minimum absolute atomic E-state index is 0.0262. The molecule has 0 aliphatic heterocycles. The van der Waals surface area contributed by atoms with Crippen LogP contribution >= 0.6 is 11.6 Å². The minimum atomic E-state index is -4.95. The summed E-state index contributed by atoms with van der Waals surface area (Å²) < 4.78 is 49.9. The van der Waals surface area contributed by atoms with Gasteiger partial charge in [0.2, 0.25) is 0 Å². The molecule has 7 nitrogen and oxygen atoms in total. The Balaban J connectivity index is 2.67. The van der Waals surface area contributed by atoms with E-state index >= 15 is 0 Å². The molecule has 0 aliphatic rings. The zero-order valence-corrected chi connectivity index (χ0v) is 15.2. The van der Waals surface area contributed by atoms with Crippen LogP contribution in [0.25, 0.3) is 5.69 Å². The summed E-state index contributed by atoms with van der Waals surface area (Å²) in [6, 6.07) is 4.26. The van der Waals surface area contributed by atoms with Crippen molar-refractivity contribution in [2.45, 2.75) is 26.3 Å². The van der Waals surface area contributed by atoms with Gasteiger partial charge in [-0.3, -0.25) is 4.79 Å². The van der Waals surface area contributed by atoms with Crippen molar-refractivity contribution in [1.29, 1.82) is 0 Å². The maximum absolute atomic E-state index is 12.9. The molecule has 2 N–H and O–H groups in total. The molecule has 0 spiro atoms. The Morgan fingerprint density at radius 3 is 2.26 bits per heavy atom. The number of halogens is 4. The molecule has 11 heteroatoms. The maximum atomic E-state index is 12.9. The minimum Gasteiger partial charge on any atom is -0.349 e. The quantitative estimate of drug-likeness (QED) is 0.587. The molecule has 1 heterocycles. The molecule has 1 aromatic heterocycles. The highest BCUT2D eigenvalue weighted by atomic mass is 35.5. The van der Waals surface area contributed by atoms with E-state index < -0.39 is 29.4 Å². The summed E-state index contributed by atoms with van der Waals surface area (Å²) in [7, 11) is 0. The fraction of sp³-hybridized carbons (Fsp3) is 0.375. The normalized spacial score (nSPS) is 12.0. The zero-order valence-electron chi connectivity index (χ0n) is 14.4. The Bertz CT molecular complexity index is 934. The molecule has 1 aromatic carbocycles. The van der Waals surface area contributed by atoms with Gasteiger partial charge in [0.1, 0.15) is 0 Å². The van der Waals surface area contributed by atoms with Gasteiger partial charge in [-0.1, -0.05) is 11.6 Å². The third-order valence-corrected chi connectivity index (χ3v) is 3.90. The van der Waals surface area contributed by atoms with E-state index in [0.717, 1.165) is 0 Å². The van der Waals surface area contributed by atoms with Crippen molar-refractivity contribution in [1.82, 2.24) is 9.24 Å². The first-order chi connectivity index (χ1) is 12.6. The molecule has 0 saturated heterocycles. The predicted octanol–water partition coefficient (Wildman–Crippen LogP) is 2.46. The average molecular weight is 408 g/mol. The first-order valence-corrected chi connectivity index (χ1v) is 8.24. The topological polar surface area (TPSA) is 88.5 Å². The maximum Gasteiger partial charge on any atom is 0.433 e. The number of rotatable bonds is 6. The Labute approximate surface area is 156 Å². The molecule has 0 fully saturated rings. The van der Waals surface area contributed by atoms with E-state index in [9.17, 15) is 22.8 Å². The van der Waals surface area contributed by atoms with Crippen molar-refractivity contribution in [2.24, 2.45) is 0 Å². The highest BCUT2D eigenvalue weighted by Crippen LogP contribution is 2.29. The number of aromatic nitrogens is 2. The molecule has 0 radical (unpaired) electrons. The Morgan fingerprint density at radius 1 is 1.15 bits per heavy atom. The van der Waals surface area contributed by atoms with Gasteiger partial charge in [-0.25, -0.2) is 14.0 Å². The molecule has 0 amide bonds. The Morgan fingerprint density at radius 2 is 1.74 bits per heavy atom. The monoisotopic (exact) mass is 407 g/mol. The van der Waals surface area contributed by atoms with Crippen LogP contribution in [-0.4, -0.2) is 22.5 Å². The lowest BCUT2D eigenvalue weighted by Crippen LogP contribution is -2.45. The number of alkyl halides is 3. The molecule has 0 saturated carbocycles. The number of benzene rings is 1. The van der Waals surface area contributed by atoms with Gasteiger partial charge in [-0.05, 0) is 32.0 Å². The van der Waals surface area contributed by atoms with Crippen LogP contribution in [-0.2, 0) is 15.7 Å². The lowest BCUT2D eigenvalue weighted by atomic mass is 10.2. The average Bonchev–Trinajstić information content (AvgIpc) is 2.58. The molecular formula is C16H17ClF3N3O4. The SMILES string of the molecule is CCOC(OCC)c1cc(-n2c(=O)cc(C(F)(F)F)n(N)c2=O)ccc1Cl. The molecule has 0 unspecified atom stereocenters. The number of nitrogen functional groups attached to an aromatic ring is 1. The summed E-state index contributed by atoms with van der Waals surface area (Å²) in [6.45, 7) is 4.05. The first-order valence-electron chi connectivity index (χ1n) is 7.86. The number of hydrogen-bond acceptors (Lipinski definition) is 5. The van der Waals surface area contributed by atoms with E-state index in [1.54, 1.807) is 13.8 Å². The third kappa shape index (κ3) is 4.34. The van der Waals surface area contributed by atoms with Crippen molar-refractivity contribution >= 4 is 11.6 Å². The van der Waals surface area contributed by atoms with E-state index in [1.807, 2.05) is 0 Å². The van der Waals surface area contributed by atoms with E-state index in [-0.39, 0.29) is 21.5 Å². The lowest BCUT2D eigenvalue weighted by molar-refractivity contribution is -0.143. The number of nitrogens with zero attached hydrogens (tertiary/aromatic N) is 2. The smallest absolute Gasteiger partial charge is 0.349 e. The van der Waals surface area contributed by atoms with E-state index in [2.05, 4.69) is 0 Å². The lowest BCUT2D eigenvalue weighted by Gasteiger charge is -2.20. The van der Waals surface area contributed by atoms with Crippen LogP contribution in [0.5, 0.6) is 0 Å². The zero-order chi connectivity index (χ0) is 20.4. The van der Waals surface area contributed by atoms with Crippen molar-refractivity contribution in [2.75, 3.05) is 19.1 Å². The number of nitrogens with two attached hydrogens (primary N) is 1. The molecule has 148 valence electrons. The summed E-state index contributed by atoms with van der Waals surface area (Å²) in [5, 5.41) is 0.235. The molecule has 2 rings (SSSR count). The van der Waals surface area contributed by atoms with E-state index in [4.69, 9.17) is 26.9 Å². The van der Waals surface area contributed by atoms with E-state index in [1.165, 1.54) is 18.2 Å². The summed E-state index contributed by atoms with van der Waals surface area (Å²) in [4.78, 5) is 24.5. The summed E-state index contributed by atoms with van der Waals surface area (Å²) in [5.74, 6) is 5.25. The first kappa shape index (κ1) is 21.0. The van der Waals surface area contributed by atoms with Gasteiger partial charge in [-0.2, -0.15) is 13.2 Å². The molecular weight excluding hydrogens is 391 g/mol. The van der Waals surface area contributed by atoms with Gasteiger partial charge < -0.3 is 15.3 Å². The number of hydrogen-bond donors (Lipinski definition) is 1. The fourth-order valence-electron chi connectivity index (χ4n) is 2.39. The van der Waals surface area contributed by atoms with Crippen LogP contribution in [0.3, 0.4) is 0 Å². The van der Waals surface area contributed by atoms with Crippen LogP contribution in [0.2, 0.25) is 5.02 Å². The largest absolute Gasteiger partial charge is 0.433 e. The molecule has 0 bridgehead atoms. The van der Waals surface area contributed by atoms with Gasteiger partial charge in [0.25, 0.3) is 5.56 Å². The molecule has 27 heavy (non-hydrogen) atoms. The van der Waals surface area contributed by atoms with Gasteiger partial charge in [0.15, 0.2) is 12.0 Å². The van der Waals surface area contributed by atoms with Gasteiger partial charge in [0, 0.05) is 29.9 Å². The number of ether oxygens (including phenoxy) is 2. The summed E-state index contributed by atoms with van der Waals surface area (Å²) >= 11 is 6.14. The van der Waals surface area contributed by atoms with Crippen molar-refractivity contribution in [3.05, 3.63) is 61.4 Å². The van der Waals surface area contributed by atoms with Crippen LogP contribution < -0.4 is 17.1 Å². The molecule has 0 atom stereocenters. The second kappa shape index (κ2) is 8.15. The second-order valence-electron chi connectivity index (χ2n) is 5.30. The predicted molar refractivity (Wildman–Crippen MR) is 92.5 cm³/mol. The van der Waals surface area contributed by atoms with Crippen LogP contribution in [0.1, 0.15) is 31.4 Å². The highest BCUT2D eigenvalue weighted by Gasteiger charge is 2.35. The van der Waals surface area contributed by atoms with E-state index in [0.29, 0.717) is 23.3 Å². The standard InChI is InChI=1S/C16H17ClF3N3O4/c1-3-26-14(27-4-2)10-7-9(5-6-11(10)17)22-13(24)8-12(16(18,19)20)23(21)15(22)25/h5-8,14H,3-4,21H2,1-2H3. The van der Waals surface area contributed by atoms with Crippen LogP contribution in [0.4, 0.5) is 13.2 Å². The van der Waals surface area contributed by atoms with Crippen molar-refractivity contribution < 1.29 is 22.6 Å². The third-order valence-electron chi connectivity index (χ3n) is 3.56. The van der Waals surface area contributed by atoms with Gasteiger partial charge >= 0.3 is 11.9 Å². The highest BCUT2D eigenvalue weighted by molar-refractivity contribution is 6.31. The Hall–Kier alpha value is -2.30.